The summed E-state index contributed by atoms with van der Waals surface area (Å²) in [5, 5.41) is 4.01. The van der Waals surface area contributed by atoms with E-state index in [9.17, 15) is 4.79 Å². The van der Waals surface area contributed by atoms with Gasteiger partial charge in [-0.05, 0) is 35.9 Å². The first-order chi connectivity index (χ1) is 10.2. The Morgan fingerprint density at radius 1 is 1.24 bits per heavy atom. The van der Waals surface area contributed by atoms with Crippen LogP contribution >= 0.6 is 22.9 Å². The Hall–Kier alpha value is -1.95. The molecule has 0 atom stereocenters. The Balaban J connectivity index is 1.81. The summed E-state index contributed by atoms with van der Waals surface area (Å²) in [6.07, 6.45) is 0. The number of amides is 1. The van der Waals surface area contributed by atoms with Gasteiger partial charge in [0.15, 0.2) is 5.13 Å². The lowest BCUT2D eigenvalue weighted by atomic mass is 10.1. The van der Waals surface area contributed by atoms with Gasteiger partial charge in [0.1, 0.15) is 0 Å². The highest BCUT2D eigenvalue weighted by atomic mass is 35.5. The van der Waals surface area contributed by atoms with Gasteiger partial charge >= 0.3 is 0 Å². The number of hydrogen-bond donors (Lipinski definition) is 2. The summed E-state index contributed by atoms with van der Waals surface area (Å²) in [5.74, 6) is -0.191. The van der Waals surface area contributed by atoms with E-state index < -0.39 is 0 Å². The van der Waals surface area contributed by atoms with Crippen molar-refractivity contribution in [3.63, 3.8) is 0 Å². The fourth-order valence-electron chi connectivity index (χ4n) is 1.91. The molecular formula is C15H12ClN3OS. The number of carbonyl (C=O) groups is 1. The van der Waals surface area contributed by atoms with Crippen molar-refractivity contribution < 1.29 is 4.79 Å². The topological polar surface area (TPSA) is 68.0 Å². The van der Waals surface area contributed by atoms with Crippen molar-refractivity contribution in [2.24, 2.45) is 5.73 Å². The van der Waals surface area contributed by atoms with Crippen LogP contribution in [0.3, 0.4) is 0 Å². The molecule has 1 aromatic heterocycles. The van der Waals surface area contributed by atoms with Crippen LogP contribution in [0.2, 0.25) is 5.02 Å². The molecule has 106 valence electrons. The molecule has 6 heteroatoms. The first-order valence-corrected chi connectivity index (χ1v) is 7.51. The maximum Gasteiger partial charge on any atom is 0.257 e. The zero-order valence-electron chi connectivity index (χ0n) is 11.0. The monoisotopic (exact) mass is 317 g/mol. The van der Waals surface area contributed by atoms with E-state index >= 15 is 0 Å². The number of rotatable bonds is 3. The summed E-state index contributed by atoms with van der Waals surface area (Å²) in [6, 6.07) is 12.6. The standard InChI is InChI=1S/C15H12ClN3OS/c16-11-5-6-12-13(7-11)21-15(18-12)19-14(20)10-3-1-9(8-17)2-4-10/h1-7H,8,17H2,(H,18,19,20). The smallest absolute Gasteiger partial charge is 0.257 e. The van der Waals surface area contributed by atoms with Gasteiger partial charge in [-0.15, -0.1) is 0 Å². The van der Waals surface area contributed by atoms with Crippen molar-refractivity contribution in [1.29, 1.82) is 0 Å². The molecule has 0 aliphatic rings. The first-order valence-electron chi connectivity index (χ1n) is 6.32. The van der Waals surface area contributed by atoms with Crippen LogP contribution in [0.1, 0.15) is 15.9 Å². The van der Waals surface area contributed by atoms with Gasteiger partial charge in [-0.2, -0.15) is 0 Å². The van der Waals surface area contributed by atoms with Gasteiger partial charge in [0, 0.05) is 17.1 Å². The molecule has 0 fully saturated rings. The summed E-state index contributed by atoms with van der Waals surface area (Å²) in [5.41, 5.74) is 7.91. The van der Waals surface area contributed by atoms with Crippen molar-refractivity contribution in [3.8, 4) is 0 Å². The van der Waals surface area contributed by atoms with Gasteiger partial charge in [0.05, 0.1) is 10.2 Å². The van der Waals surface area contributed by atoms with Crippen LogP contribution in [-0.2, 0) is 6.54 Å². The van der Waals surface area contributed by atoms with Crippen LogP contribution in [0.4, 0.5) is 5.13 Å². The third-order valence-corrected chi connectivity index (χ3v) is 4.19. The van der Waals surface area contributed by atoms with E-state index in [1.165, 1.54) is 11.3 Å². The molecule has 0 saturated heterocycles. The van der Waals surface area contributed by atoms with E-state index in [0.29, 0.717) is 22.3 Å². The molecule has 0 aliphatic carbocycles. The van der Waals surface area contributed by atoms with Gasteiger partial charge in [-0.3, -0.25) is 10.1 Å². The van der Waals surface area contributed by atoms with Crippen molar-refractivity contribution in [2.45, 2.75) is 6.54 Å². The Morgan fingerprint density at radius 3 is 2.71 bits per heavy atom. The lowest BCUT2D eigenvalue weighted by Crippen LogP contribution is -2.11. The lowest BCUT2D eigenvalue weighted by Gasteiger charge is -2.02. The maximum atomic E-state index is 12.2. The normalized spacial score (nSPS) is 10.8. The fourth-order valence-corrected chi connectivity index (χ4v) is 3.05. The molecule has 2 aromatic carbocycles. The van der Waals surface area contributed by atoms with Crippen LogP contribution in [0.15, 0.2) is 42.5 Å². The molecule has 0 saturated carbocycles. The minimum absolute atomic E-state index is 0.191. The van der Waals surface area contributed by atoms with E-state index in [2.05, 4.69) is 10.3 Å². The summed E-state index contributed by atoms with van der Waals surface area (Å²) in [6.45, 7) is 0.459. The number of fused-ring (bicyclic) bond motifs is 1. The number of thiazole rings is 1. The second kappa shape index (κ2) is 5.81. The highest BCUT2D eigenvalue weighted by Gasteiger charge is 2.10. The number of benzene rings is 2. The zero-order chi connectivity index (χ0) is 14.8. The number of anilines is 1. The number of nitrogens with two attached hydrogens (primary N) is 1. The van der Waals surface area contributed by atoms with Crippen LogP contribution in [0.5, 0.6) is 0 Å². The number of aromatic nitrogens is 1. The minimum atomic E-state index is -0.191. The highest BCUT2D eigenvalue weighted by Crippen LogP contribution is 2.28. The Morgan fingerprint density at radius 2 is 2.00 bits per heavy atom. The van der Waals surface area contributed by atoms with Gasteiger partial charge < -0.3 is 5.73 Å². The molecular weight excluding hydrogens is 306 g/mol. The molecule has 21 heavy (non-hydrogen) atoms. The van der Waals surface area contributed by atoms with E-state index in [4.69, 9.17) is 17.3 Å². The number of halogens is 1. The molecule has 0 spiro atoms. The summed E-state index contributed by atoms with van der Waals surface area (Å²) in [4.78, 5) is 16.5. The van der Waals surface area contributed by atoms with Gasteiger partial charge in [0.25, 0.3) is 5.91 Å². The number of carbonyl (C=O) groups excluding carboxylic acids is 1. The zero-order valence-corrected chi connectivity index (χ0v) is 12.5. The maximum absolute atomic E-state index is 12.2. The number of nitrogens with zero attached hydrogens (tertiary/aromatic N) is 1. The van der Waals surface area contributed by atoms with E-state index in [-0.39, 0.29) is 5.91 Å². The molecule has 0 unspecified atom stereocenters. The second-order valence-electron chi connectivity index (χ2n) is 4.49. The molecule has 0 radical (unpaired) electrons. The average molecular weight is 318 g/mol. The van der Waals surface area contributed by atoms with E-state index in [1.54, 1.807) is 18.2 Å². The molecule has 0 aliphatic heterocycles. The number of nitrogens with one attached hydrogen (secondary N) is 1. The minimum Gasteiger partial charge on any atom is -0.326 e. The molecule has 4 nitrogen and oxygen atoms in total. The predicted octanol–water partition coefficient (Wildman–Crippen LogP) is 3.66. The van der Waals surface area contributed by atoms with Crippen LogP contribution in [0.25, 0.3) is 10.2 Å². The van der Waals surface area contributed by atoms with Crippen LogP contribution in [-0.4, -0.2) is 10.9 Å². The number of hydrogen-bond acceptors (Lipinski definition) is 4. The summed E-state index contributed by atoms with van der Waals surface area (Å²) >= 11 is 7.33. The SMILES string of the molecule is NCc1ccc(C(=O)Nc2nc3ccc(Cl)cc3s2)cc1. The quantitative estimate of drug-likeness (QED) is 0.774. The van der Waals surface area contributed by atoms with Gasteiger partial charge in [-0.1, -0.05) is 35.1 Å². The lowest BCUT2D eigenvalue weighted by molar-refractivity contribution is 0.102. The highest BCUT2D eigenvalue weighted by molar-refractivity contribution is 7.22. The molecule has 1 amide bonds. The third kappa shape index (κ3) is 3.05. The molecule has 1 heterocycles. The predicted molar refractivity (Wildman–Crippen MR) is 86.9 cm³/mol. The Kier molecular flexibility index (Phi) is 3.88. The van der Waals surface area contributed by atoms with Gasteiger partial charge in [0.2, 0.25) is 0 Å². The van der Waals surface area contributed by atoms with E-state index in [0.717, 1.165) is 15.8 Å². The van der Waals surface area contributed by atoms with Crippen molar-refractivity contribution in [3.05, 3.63) is 58.6 Å². The van der Waals surface area contributed by atoms with Crippen LogP contribution in [0, 0.1) is 0 Å². The van der Waals surface area contributed by atoms with Crippen LogP contribution < -0.4 is 11.1 Å². The molecule has 3 rings (SSSR count). The summed E-state index contributed by atoms with van der Waals surface area (Å²) < 4.78 is 0.941. The fraction of sp³-hybridized carbons (Fsp3) is 0.0667. The third-order valence-electron chi connectivity index (χ3n) is 3.02. The van der Waals surface area contributed by atoms with Gasteiger partial charge in [-0.25, -0.2) is 4.98 Å². The molecule has 0 bridgehead atoms. The first kappa shape index (κ1) is 14.0. The molecule has 3 N–H and O–H groups in total. The van der Waals surface area contributed by atoms with Crippen molar-refractivity contribution >= 4 is 44.2 Å². The second-order valence-corrected chi connectivity index (χ2v) is 5.95. The Labute approximate surface area is 130 Å². The average Bonchev–Trinajstić information content (AvgIpc) is 2.88. The van der Waals surface area contributed by atoms with Crippen molar-refractivity contribution in [2.75, 3.05) is 5.32 Å². The Bertz CT molecular complexity index is 798. The largest absolute Gasteiger partial charge is 0.326 e. The van der Waals surface area contributed by atoms with E-state index in [1.807, 2.05) is 24.3 Å². The summed E-state index contributed by atoms with van der Waals surface area (Å²) in [7, 11) is 0. The molecule has 3 aromatic rings. The van der Waals surface area contributed by atoms with Crippen molar-refractivity contribution in [1.82, 2.24) is 4.98 Å².